The first kappa shape index (κ1) is 17.6. The van der Waals surface area contributed by atoms with E-state index in [0.29, 0.717) is 12.2 Å². The van der Waals surface area contributed by atoms with Crippen LogP contribution in [0.15, 0.2) is 54.9 Å². The number of imide groups is 1. The number of rotatable bonds is 5. The van der Waals surface area contributed by atoms with Crippen LogP contribution >= 0.6 is 0 Å². The number of carboxylic acid groups (broad SMARTS) is 1. The predicted molar refractivity (Wildman–Crippen MR) is 103 cm³/mol. The van der Waals surface area contributed by atoms with Crippen molar-refractivity contribution in [1.82, 2.24) is 4.98 Å². The largest absolute Gasteiger partial charge is 0.545 e. The zero-order valence-corrected chi connectivity index (χ0v) is 15.4. The average Bonchev–Trinajstić information content (AvgIpc) is 3.41. The summed E-state index contributed by atoms with van der Waals surface area (Å²) in [7, 11) is 0. The van der Waals surface area contributed by atoms with Gasteiger partial charge in [0, 0.05) is 30.2 Å². The van der Waals surface area contributed by atoms with E-state index in [9.17, 15) is 19.5 Å². The molecule has 2 aliphatic carbocycles. The minimum atomic E-state index is -1.37. The number of nitrogens with one attached hydrogen (secondary N) is 1. The average molecular weight is 388 g/mol. The zero-order valence-electron chi connectivity index (χ0n) is 15.4. The van der Waals surface area contributed by atoms with Gasteiger partial charge in [-0.1, -0.05) is 18.2 Å². The van der Waals surface area contributed by atoms with E-state index in [0.717, 1.165) is 16.9 Å². The van der Waals surface area contributed by atoms with E-state index in [2.05, 4.69) is 10.3 Å². The fourth-order valence-electron chi connectivity index (χ4n) is 4.85. The van der Waals surface area contributed by atoms with E-state index >= 15 is 0 Å². The van der Waals surface area contributed by atoms with Crippen LogP contribution in [-0.4, -0.2) is 22.8 Å². The second-order valence-electron chi connectivity index (χ2n) is 7.74. The number of allylic oxidation sites excluding steroid dienone is 2. The summed E-state index contributed by atoms with van der Waals surface area (Å²) < 4.78 is 0. The van der Waals surface area contributed by atoms with Gasteiger partial charge in [-0.05, 0) is 48.1 Å². The normalized spacial score (nSPS) is 26.8. The van der Waals surface area contributed by atoms with E-state index < -0.39 is 5.97 Å². The molecule has 0 radical (unpaired) electrons. The molecule has 2 amide bonds. The monoisotopic (exact) mass is 388 g/mol. The molecule has 146 valence electrons. The summed E-state index contributed by atoms with van der Waals surface area (Å²) in [6.45, 7) is 0.383. The Kier molecular flexibility index (Phi) is 3.97. The molecule has 7 heteroatoms. The topological polar surface area (TPSA) is 102 Å². The number of fused-ring (bicyclic) bond motifs is 5. The number of benzene rings is 1. The smallest absolute Gasteiger partial charge is 0.238 e. The van der Waals surface area contributed by atoms with Gasteiger partial charge in [-0.15, -0.1) is 0 Å². The number of carboxylic acids is 1. The molecule has 1 aromatic carbocycles. The van der Waals surface area contributed by atoms with Gasteiger partial charge >= 0.3 is 0 Å². The Bertz CT molecular complexity index is 1020. The Balaban J connectivity index is 1.43. The highest BCUT2D eigenvalue weighted by Crippen LogP contribution is 2.53. The molecule has 1 N–H and O–H groups in total. The van der Waals surface area contributed by atoms with Crippen molar-refractivity contribution in [3.05, 3.63) is 66.0 Å². The number of pyridine rings is 1. The number of carbonyl (C=O) groups is 3. The Morgan fingerprint density at radius 3 is 2.48 bits per heavy atom. The standard InChI is InChI=1S/C22H19N3O4/c26-20-18-13-3-4-14(8-13)19(18)21(27)25(20)15-5-6-17(16(9-15)22(28)29)24-11-12-2-1-7-23-10-12/h1-7,9-10,13-14,18-19,24H,8,11H2,(H,28,29)/p-1/t13-,14-,18+,19+/m1/s1. The maximum Gasteiger partial charge on any atom is 0.238 e. The van der Waals surface area contributed by atoms with Crippen LogP contribution in [0.2, 0.25) is 0 Å². The summed E-state index contributed by atoms with van der Waals surface area (Å²) in [6, 6.07) is 8.18. The second-order valence-corrected chi connectivity index (χ2v) is 7.74. The molecule has 1 saturated carbocycles. The number of amides is 2. The van der Waals surface area contributed by atoms with Gasteiger partial charge in [0.25, 0.3) is 0 Å². The zero-order chi connectivity index (χ0) is 20.1. The molecule has 2 heterocycles. The van der Waals surface area contributed by atoms with Crippen molar-refractivity contribution in [2.45, 2.75) is 13.0 Å². The summed E-state index contributed by atoms with van der Waals surface area (Å²) in [4.78, 5) is 42.8. The number of anilines is 2. The van der Waals surface area contributed by atoms with Crippen LogP contribution in [0.4, 0.5) is 11.4 Å². The highest BCUT2D eigenvalue weighted by Gasteiger charge is 2.59. The minimum Gasteiger partial charge on any atom is -0.545 e. The van der Waals surface area contributed by atoms with Gasteiger partial charge in [0.05, 0.1) is 23.5 Å². The van der Waals surface area contributed by atoms with Crippen LogP contribution in [0.3, 0.4) is 0 Å². The molecule has 0 unspecified atom stereocenters. The molecule has 3 aliphatic rings. The summed E-state index contributed by atoms with van der Waals surface area (Å²) in [5.74, 6) is -2.30. The molecule has 29 heavy (non-hydrogen) atoms. The Hall–Kier alpha value is -3.48. The molecule has 2 fully saturated rings. The van der Waals surface area contributed by atoms with Crippen LogP contribution in [0.5, 0.6) is 0 Å². The lowest BCUT2D eigenvalue weighted by Gasteiger charge is -2.20. The summed E-state index contributed by atoms with van der Waals surface area (Å²) >= 11 is 0. The maximum absolute atomic E-state index is 13.0. The van der Waals surface area contributed by atoms with Crippen LogP contribution in [-0.2, 0) is 16.1 Å². The second kappa shape index (κ2) is 6.55. The molecule has 7 nitrogen and oxygen atoms in total. The first-order valence-electron chi connectivity index (χ1n) is 9.59. The molecule has 4 atom stereocenters. The van der Waals surface area contributed by atoms with Crippen LogP contribution < -0.4 is 15.3 Å². The summed E-state index contributed by atoms with van der Waals surface area (Å²) in [5, 5.41) is 14.8. The molecule has 0 spiro atoms. The first-order valence-corrected chi connectivity index (χ1v) is 9.59. The van der Waals surface area contributed by atoms with Crippen molar-refractivity contribution in [1.29, 1.82) is 0 Å². The van der Waals surface area contributed by atoms with Crippen molar-refractivity contribution >= 4 is 29.2 Å². The lowest BCUT2D eigenvalue weighted by Crippen LogP contribution is -2.33. The number of hydrogen-bond acceptors (Lipinski definition) is 6. The molecule has 2 aromatic rings. The van der Waals surface area contributed by atoms with E-state index in [1.165, 1.54) is 6.07 Å². The molecule has 1 aliphatic heterocycles. The SMILES string of the molecule is O=C([O-])c1cc(N2C(=O)[C@@H]3[C@@H](C2=O)[C@@H]2C=C[C@@H]3C2)ccc1NCc1cccnc1. The first-order chi connectivity index (χ1) is 14.0. The molecular formula is C22H18N3O4-. The third-order valence-electron chi connectivity index (χ3n) is 6.16. The van der Waals surface area contributed by atoms with Gasteiger partial charge in [-0.3, -0.25) is 14.6 Å². The van der Waals surface area contributed by atoms with Gasteiger partial charge in [-0.2, -0.15) is 0 Å². The maximum atomic E-state index is 13.0. The number of carbonyl (C=O) groups excluding carboxylic acids is 3. The van der Waals surface area contributed by atoms with E-state index in [4.69, 9.17) is 0 Å². The van der Waals surface area contributed by atoms with Crippen LogP contribution in [0.1, 0.15) is 22.3 Å². The number of nitrogens with zero attached hydrogens (tertiary/aromatic N) is 2. The Labute approximate surface area is 167 Å². The molecule has 2 bridgehead atoms. The van der Waals surface area contributed by atoms with Crippen molar-refractivity contribution in [2.24, 2.45) is 23.7 Å². The van der Waals surface area contributed by atoms with Crippen molar-refractivity contribution in [3.8, 4) is 0 Å². The van der Waals surface area contributed by atoms with Gasteiger partial charge in [-0.25, -0.2) is 4.90 Å². The van der Waals surface area contributed by atoms with Crippen LogP contribution in [0, 0.1) is 23.7 Å². The highest BCUT2D eigenvalue weighted by atomic mass is 16.4. The quantitative estimate of drug-likeness (QED) is 0.613. The molecule has 1 aromatic heterocycles. The lowest BCUT2D eigenvalue weighted by atomic mass is 9.85. The number of aromatic nitrogens is 1. The Morgan fingerprint density at radius 1 is 1.14 bits per heavy atom. The molecular weight excluding hydrogens is 370 g/mol. The van der Waals surface area contributed by atoms with E-state index in [1.54, 1.807) is 30.6 Å². The van der Waals surface area contributed by atoms with Crippen LogP contribution in [0.25, 0.3) is 0 Å². The predicted octanol–water partition coefficient (Wildman–Crippen LogP) is 1.37. The molecule has 5 rings (SSSR count). The fourth-order valence-corrected chi connectivity index (χ4v) is 4.85. The van der Waals surface area contributed by atoms with Crippen molar-refractivity contribution in [3.63, 3.8) is 0 Å². The van der Waals surface area contributed by atoms with E-state index in [-0.39, 0.29) is 46.7 Å². The van der Waals surface area contributed by atoms with Gasteiger partial charge in [0.2, 0.25) is 11.8 Å². The van der Waals surface area contributed by atoms with Crippen molar-refractivity contribution in [2.75, 3.05) is 10.2 Å². The number of hydrogen-bond donors (Lipinski definition) is 1. The summed E-state index contributed by atoms with van der Waals surface area (Å²) in [6.07, 6.45) is 8.24. The van der Waals surface area contributed by atoms with Gasteiger partial charge in [0.15, 0.2) is 0 Å². The highest BCUT2D eigenvalue weighted by molar-refractivity contribution is 6.23. The van der Waals surface area contributed by atoms with Crippen molar-refractivity contribution < 1.29 is 19.5 Å². The Morgan fingerprint density at radius 2 is 1.86 bits per heavy atom. The lowest BCUT2D eigenvalue weighted by molar-refractivity contribution is -0.254. The third kappa shape index (κ3) is 2.73. The fraction of sp³-hybridized carbons (Fsp3) is 0.273. The minimum absolute atomic E-state index is 0.0925. The van der Waals surface area contributed by atoms with E-state index in [1.807, 2.05) is 18.2 Å². The van der Waals surface area contributed by atoms with Gasteiger partial charge < -0.3 is 15.2 Å². The number of aromatic carboxylic acids is 1. The molecule has 1 saturated heterocycles. The summed E-state index contributed by atoms with van der Waals surface area (Å²) in [5.41, 5.74) is 1.44. The third-order valence-corrected chi connectivity index (χ3v) is 6.16. The van der Waals surface area contributed by atoms with Gasteiger partial charge in [0.1, 0.15) is 0 Å².